The highest BCUT2D eigenvalue weighted by molar-refractivity contribution is 6.05. The van der Waals surface area contributed by atoms with Crippen molar-refractivity contribution in [2.75, 3.05) is 6.61 Å². The standard InChI is InChI=1S/C27H38O8/c1-8-14-20(30)27(34-13(3)28)18(22(27,4)5)17-15-10-24(15)11-33-23(6,7)35-21(24)26(32)16(25(14,17)31)9-12(2)19(26)29/h9,14-18,20-21,30-32H,8,10-11H2,1-7H3/t14-,15+,16+,17+,18+,20-,21-,24-,25+,26-,27-/m1/s1. The summed E-state index contributed by atoms with van der Waals surface area (Å²) in [7, 11) is 0. The predicted octanol–water partition coefficient (Wildman–Crippen LogP) is 1.74. The molecule has 0 aromatic rings. The van der Waals surface area contributed by atoms with Crippen LogP contribution in [0.1, 0.15) is 61.3 Å². The lowest BCUT2D eigenvalue weighted by Crippen LogP contribution is -2.69. The number of carbonyl (C=O) groups is 2. The van der Waals surface area contributed by atoms with E-state index >= 15 is 0 Å². The van der Waals surface area contributed by atoms with Crippen molar-refractivity contribution in [3.63, 3.8) is 0 Å². The van der Waals surface area contributed by atoms with Crippen LogP contribution in [-0.2, 0) is 23.8 Å². The number of ether oxygens (including phenoxy) is 3. The first-order valence-corrected chi connectivity index (χ1v) is 12.9. The maximum atomic E-state index is 13.7. The second kappa shape index (κ2) is 6.38. The number of carbonyl (C=O) groups excluding carboxylic acids is 2. The van der Waals surface area contributed by atoms with Crippen molar-refractivity contribution in [2.24, 2.45) is 40.4 Å². The molecule has 35 heavy (non-hydrogen) atoms. The second-order valence-electron chi connectivity index (χ2n) is 13.2. The minimum Gasteiger partial charge on any atom is -0.456 e. The van der Waals surface area contributed by atoms with Crippen LogP contribution in [0.2, 0.25) is 0 Å². The fourth-order valence-corrected chi connectivity index (χ4v) is 9.51. The summed E-state index contributed by atoms with van der Waals surface area (Å²) in [5, 5.41) is 37.1. The number of ketones is 1. The quantitative estimate of drug-likeness (QED) is 0.501. The molecule has 0 unspecified atom stereocenters. The Morgan fingerprint density at radius 2 is 1.89 bits per heavy atom. The summed E-state index contributed by atoms with van der Waals surface area (Å²) in [6.45, 7) is 12.7. The fraction of sp³-hybridized carbons (Fsp3) is 0.852. The Morgan fingerprint density at radius 1 is 1.23 bits per heavy atom. The topological polar surface area (TPSA) is 123 Å². The maximum Gasteiger partial charge on any atom is 0.303 e. The number of aliphatic hydroxyl groups excluding tert-OH is 1. The van der Waals surface area contributed by atoms with Crippen LogP contribution < -0.4 is 0 Å². The van der Waals surface area contributed by atoms with Crippen LogP contribution >= 0.6 is 0 Å². The molecule has 1 saturated heterocycles. The number of esters is 1. The van der Waals surface area contributed by atoms with Crippen LogP contribution in [0.25, 0.3) is 0 Å². The molecular formula is C27H38O8. The van der Waals surface area contributed by atoms with Crippen molar-refractivity contribution in [1.82, 2.24) is 0 Å². The van der Waals surface area contributed by atoms with Crippen LogP contribution in [0, 0.1) is 40.4 Å². The minimum absolute atomic E-state index is 0.118. The van der Waals surface area contributed by atoms with E-state index in [1.807, 2.05) is 20.8 Å². The first kappa shape index (κ1) is 24.0. The summed E-state index contributed by atoms with van der Waals surface area (Å²) in [4.78, 5) is 25.9. The number of Topliss-reactive ketones (excluding diaryl/α,β-unsaturated/α-hetero) is 1. The third-order valence-electron chi connectivity index (χ3n) is 11.0. The zero-order valence-electron chi connectivity index (χ0n) is 21.6. The molecule has 6 aliphatic rings. The van der Waals surface area contributed by atoms with Gasteiger partial charge in [0.05, 0.1) is 12.2 Å². The molecule has 0 aromatic heterocycles. The molecular weight excluding hydrogens is 452 g/mol. The molecule has 5 fully saturated rings. The fourth-order valence-electron chi connectivity index (χ4n) is 9.51. The molecule has 0 radical (unpaired) electrons. The molecule has 1 heterocycles. The molecule has 0 bridgehead atoms. The highest BCUT2D eigenvalue weighted by Gasteiger charge is 2.92. The van der Waals surface area contributed by atoms with Gasteiger partial charge in [0.2, 0.25) is 0 Å². The van der Waals surface area contributed by atoms with E-state index in [4.69, 9.17) is 14.2 Å². The largest absolute Gasteiger partial charge is 0.456 e. The monoisotopic (exact) mass is 490 g/mol. The smallest absolute Gasteiger partial charge is 0.303 e. The van der Waals surface area contributed by atoms with E-state index in [1.54, 1.807) is 26.8 Å². The van der Waals surface area contributed by atoms with Crippen molar-refractivity contribution < 1.29 is 39.1 Å². The first-order valence-electron chi connectivity index (χ1n) is 12.9. The van der Waals surface area contributed by atoms with Gasteiger partial charge in [-0.1, -0.05) is 26.8 Å². The van der Waals surface area contributed by atoms with E-state index in [0.29, 0.717) is 25.0 Å². The lowest BCUT2D eigenvalue weighted by atomic mass is 9.56. The van der Waals surface area contributed by atoms with E-state index < -0.39 is 75.1 Å². The Labute approximate surface area is 206 Å². The highest BCUT2D eigenvalue weighted by Crippen LogP contribution is 2.83. The molecule has 3 N–H and O–H groups in total. The average Bonchev–Trinajstić information content (AvgIpc) is 3.56. The van der Waals surface area contributed by atoms with E-state index in [2.05, 4.69) is 0 Å². The molecule has 1 spiro atoms. The second-order valence-corrected chi connectivity index (χ2v) is 13.2. The average molecular weight is 491 g/mol. The predicted molar refractivity (Wildman–Crippen MR) is 123 cm³/mol. The molecule has 0 aromatic carbocycles. The Morgan fingerprint density at radius 3 is 2.49 bits per heavy atom. The van der Waals surface area contributed by atoms with Crippen molar-refractivity contribution in [3.05, 3.63) is 11.6 Å². The summed E-state index contributed by atoms with van der Waals surface area (Å²) < 4.78 is 18.4. The van der Waals surface area contributed by atoms with E-state index in [1.165, 1.54) is 6.92 Å². The zero-order valence-corrected chi connectivity index (χ0v) is 21.6. The van der Waals surface area contributed by atoms with Crippen LogP contribution in [0.5, 0.6) is 0 Å². The first-order chi connectivity index (χ1) is 16.1. The summed E-state index contributed by atoms with van der Waals surface area (Å²) in [6, 6.07) is 0. The molecule has 8 heteroatoms. The van der Waals surface area contributed by atoms with Crippen molar-refractivity contribution in [3.8, 4) is 0 Å². The van der Waals surface area contributed by atoms with Crippen molar-refractivity contribution in [1.29, 1.82) is 0 Å². The highest BCUT2D eigenvalue weighted by atomic mass is 16.7. The Balaban J connectivity index is 1.60. The van der Waals surface area contributed by atoms with Gasteiger partial charge in [-0.25, -0.2) is 0 Å². The van der Waals surface area contributed by atoms with Gasteiger partial charge in [0.25, 0.3) is 0 Å². The van der Waals surface area contributed by atoms with Gasteiger partial charge in [-0.05, 0) is 51.0 Å². The van der Waals surface area contributed by atoms with Gasteiger partial charge >= 0.3 is 5.97 Å². The molecule has 4 saturated carbocycles. The van der Waals surface area contributed by atoms with Gasteiger partial charge in [-0.3, -0.25) is 9.59 Å². The Bertz CT molecular complexity index is 1060. The summed E-state index contributed by atoms with van der Waals surface area (Å²) in [5.41, 5.74) is -5.56. The third kappa shape index (κ3) is 2.38. The number of hydrogen-bond acceptors (Lipinski definition) is 8. The third-order valence-corrected chi connectivity index (χ3v) is 11.0. The van der Waals surface area contributed by atoms with Gasteiger partial charge in [0.1, 0.15) is 17.8 Å². The minimum atomic E-state index is -1.98. The lowest BCUT2D eigenvalue weighted by molar-refractivity contribution is -0.331. The Kier molecular flexibility index (Phi) is 4.38. The molecule has 194 valence electrons. The number of rotatable bonds is 2. The van der Waals surface area contributed by atoms with Gasteiger partial charge in [0, 0.05) is 35.5 Å². The van der Waals surface area contributed by atoms with Gasteiger partial charge in [0.15, 0.2) is 17.2 Å². The maximum absolute atomic E-state index is 13.7. The van der Waals surface area contributed by atoms with Gasteiger partial charge < -0.3 is 29.5 Å². The summed E-state index contributed by atoms with van der Waals surface area (Å²) >= 11 is 0. The summed E-state index contributed by atoms with van der Waals surface area (Å²) in [5.74, 6) is -4.45. The summed E-state index contributed by atoms with van der Waals surface area (Å²) in [6.07, 6.45) is 0.709. The number of hydrogen-bond donors (Lipinski definition) is 3. The van der Waals surface area contributed by atoms with Crippen molar-refractivity contribution >= 4 is 11.8 Å². The number of fused-ring (bicyclic) bond motifs is 7. The van der Waals surface area contributed by atoms with Crippen LogP contribution in [0.3, 0.4) is 0 Å². The molecule has 1 aliphatic heterocycles. The lowest BCUT2D eigenvalue weighted by Gasteiger charge is -2.55. The zero-order chi connectivity index (χ0) is 25.7. The van der Waals surface area contributed by atoms with Gasteiger partial charge in [-0.2, -0.15) is 0 Å². The Hall–Kier alpha value is -1.32. The molecule has 8 nitrogen and oxygen atoms in total. The van der Waals surface area contributed by atoms with E-state index in [9.17, 15) is 24.9 Å². The molecule has 0 amide bonds. The van der Waals surface area contributed by atoms with Crippen LogP contribution in [-0.4, -0.2) is 68.5 Å². The normalized spacial score (nSPS) is 56.3. The van der Waals surface area contributed by atoms with E-state index in [0.717, 1.165) is 0 Å². The molecule has 6 rings (SSSR count). The van der Waals surface area contributed by atoms with Gasteiger partial charge in [-0.15, -0.1) is 0 Å². The molecule has 5 aliphatic carbocycles. The SMILES string of the molecule is CC[C@@H]1[C@@H](O)[C@]2(OC(C)=O)[C@@H]([C@@H]3[C@@H]4C[C@@]45COC(C)(C)O[C@H]5[C@]4(O)C(=O)C(C)=C[C@H]4[C@]31O)C2(C)C. The van der Waals surface area contributed by atoms with E-state index in [-0.39, 0.29) is 11.8 Å². The molecule has 11 atom stereocenters. The van der Waals surface area contributed by atoms with Crippen LogP contribution in [0.15, 0.2) is 11.6 Å². The van der Waals surface area contributed by atoms with Crippen molar-refractivity contribution in [2.45, 2.75) is 96.1 Å². The van der Waals surface area contributed by atoms with Crippen LogP contribution in [0.4, 0.5) is 0 Å². The number of aliphatic hydroxyl groups is 3.